The Labute approximate surface area is 112 Å². The van der Waals surface area contributed by atoms with E-state index in [-0.39, 0.29) is 30.8 Å². The second-order valence-corrected chi connectivity index (χ2v) is 4.34. The third-order valence-corrected chi connectivity index (χ3v) is 2.52. The SMILES string of the molecule is CC(=O)C(C)OC(=O)CCCC(=O)OC(C)C(C)=O. The maximum atomic E-state index is 11.3. The summed E-state index contributed by atoms with van der Waals surface area (Å²) in [4.78, 5) is 44.3. The zero-order chi connectivity index (χ0) is 15.0. The summed E-state index contributed by atoms with van der Waals surface area (Å²) in [5, 5.41) is 0. The van der Waals surface area contributed by atoms with Crippen molar-refractivity contribution in [1.29, 1.82) is 0 Å². The van der Waals surface area contributed by atoms with Crippen LogP contribution in [0.3, 0.4) is 0 Å². The predicted octanol–water partition coefficient (Wildman–Crippen LogP) is 1.20. The van der Waals surface area contributed by atoms with Gasteiger partial charge in [-0.25, -0.2) is 0 Å². The normalized spacial score (nSPS) is 13.3. The number of carbonyl (C=O) groups is 4. The van der Waals surface area contributed by atoms with E-state index < -0.39 is 24.1 Å². The van der Waals surface area contributed by atoms with E-state index in [2.05, 4.69) is 0 Å². The van der Waals surface area contributed by atoms with E-state index in [0.717, 1.165) is 0 Å². The Hall–Kier alpha value is -1.72. The van der Waals surface area contributed by atoms with Gasteiger partial charge in [0, 0.05) is 12.8 Å². The van der Waals surface area contributed by atoms with Crippen molar-refractivity contribution in [3.63, 3.8) is 0 Å². The van der Waals surface area contributed by atoms with Crippen molar-refractivity contribution >= 4 is 23.5 Å². The third-order valence-electron chi connectivity index (χ3n) is 2.52. The van der Waals surface area contributed by atoms with Gasteiger partial charge in [0.25, 0.3) is 0 Å². The molecular weight excluding hydrogens is 252 g/mol. The van der Waals surface area contributed by atoms with Crippen molar-refractivity contribution in [2.24, 2.45) is 0 Å². The summed E-state index contributed by atoms with van der Waals surface area (Å²) in [5.74, 6) is -1.53. The van der Waals surface area contributed by atoms with Gasteiger partial charge >= 0.3 is 11.9 Å². The maximum absolute atomic E-state index is 11.3. The highest BCUT2D eigenvalue weighted by molar-refractivity contribution is 5.84. The van der Waals surface area contributed by atoms with Crippen LogP contribution in [-0.4, -0.2) is 35.7 Å². The minimum Gasteiger partial charge on any atom is -0.455 e. The number of rotatable bonds is 8. The first-order valence-electron chi connectivity index (χ1n) is 6.14. The third kappa shape index (κ3) is 8.07. The fourth-order valence-electron chi connectivity index (χ4n) is 1.06. The highest BCUT2D eigenvalue weighted by atomic mass is 16.6. The van der Waals surface area contributed by atoms with E-state index in [0.29, 0.717) is 0 Å². The van der Waals surface area contributed by atoms with Gasteiger partial charge in [0.2, 0.25) is 0 Å². The molecule has 0 aromatic carbocycles. The van der Waals surface area contributed by atoms with E-state index in [1.54, 1.807) is 0 Å². The molecule has 0 bridgehead atoms. The summed E-state index contributed by atoms with van der Waals surface area (Å²) in [7, 11) is 0. The number of ether oxygens (including phenoxy) is 2. The molecule has 2 unspecified atom stereocenters. The van der Waals surface area contributed by atoms with Gasteiger partial charge in [-0.3, -0.25) is 19.2 Å². The predicted molar refractivity (Wildman–Crippen MR) is 66.3 cm³/mol. The molecular formula is C13H20O6. The van der Waals surface area contributed by atoms with Gasteiger partial charge in [-0.1, -0.05) is 0 Å². The number of esters is 2. The number of hydrogen-bond acceptors (Lipinski definition) is 6. The summed E-state index contributed by atoms with van der Waals surface area (Å²) in [5.41, 5.74) is 0. The maximum Gasteiger partial charge on any atom is 0.306 e. The van der Waals surface area contributed by atoms with Crippen molar-refractivity contribution in [1.82, 2.24) is 0 Å². The van der Waals surface area contributed by atoms with Crippen LogP contribution in [0.4, 0.5) is 0 Å². The van der Waals surface area contributed by atoms with Crippen LogP contribution in [0.15, 0.2) is 0 Å². The van der Waals surface area contributed by atoms with Crippen LogP contribution < -0.4 is 0 Å². The summed E-state index contributed by atoms with van der Waals surface area (Å²) in [6.45, 7) is 5.64. The molecule has 0 aromatic rings. The second-order valence-electron chi connectivity index (χ2n) is 4.34. The molecule has 0 rings (SSSR count). The summed E-state index contributed by atoms with van der Waals surface area (Å²) in [6, 6.07) is 0. The van der Waals surface area contributed by atoms with Gasteiger partial charge in [-0.15, -0.1) is 0 Å². The number of Topliss-reactive ketones (excluding diaryl/α,β-unsaturated/α-hetero) is 2. The number of ketones is 2. The number of carbonyl (C=O) groups excluding carboxylic acids is 4. The lowest BCUT2D eigenvalue weighted by Gasteiger charge is -2.11. The molecule has 0 aliphatic rings. The molecule has 2 atom stereocenters. The molecule has 0 aliphatic heterocycles. The van der Waals surface area contributed by atoms with Gasteiger partial charge in [0.15, 0.2) is 23.8 Å². The van der Waals surface area contributed by atoms with Gasteiger partial charge in [-0.2, -0.15) is 0 Å². The average molecular weight is 272 g/mol. The highest BCUT2D eigenvalue weighted by Crippen LogP contribution is 2.04. The van der Waals surface area contributed by atoms with Gasteiger partial charge in [0.05, 0.1) is 0 Å². The van der Waals surface area contributed by atoms with Crippen LogP contribution in [-0.2, 0) is 28.7 Å². The molecule has 0 saturated heterocycles. The van der Waals surface area contributed by atoms with Gasteiger partial charge in [0.1, 0.15) is 0 Å². The van der Waals surface area contributed by atoms with Crippen LogP contribution in [0.1, 0.15) is 47.0 Å². The average Bonchev–Trinajstić information content (AvgIpc) is 2.28. The lowest BCUT2D eigenvalue weighted by atomic mass is 10.2. The van der Waals surface area contributed by atoms with E-state index in [9.17, 15) is 19.2 Å². The Balaban J connectivity index is 3.85. The monoisotopic (exact) mass is 272 g/mol. The topological polar surface area (TPSA) is 86.7 Å². The summed E-state index contributed by atoms with van der Waals surface area (Å²) in [6.07, 6.45) is -1.22. The largest absolute Gasteiger partial charge is 0.455 e. The molecule has 0 spiro atoms. The van der Waals surface area contributed by atoms with Crippen LogP contribution in [0.25, 0.3) is 0 Å². The van der Waals surface area contributed by atoms with Crippen molar-refractivity contribution in [3.8, 4) is 0 Å². The lowest BCUT2D eigenvalue weighted by molar-refractivity contribution is -0.155. The van der Waals surface area contributed by atoms with Gasteiger partial charge in [-0.05, 0) is 34.1 Å². The van der Waals surface area contributed by atoms with E-state index in [4.69, 9.17) is 9.47 Å². The van der Waals surface area contributed by atoms with Crippen molar-refractivity contribution in [2.75, 3.05) is 0 Å². The Kier molecular flexibility index (Phi) is 7.63. The molecule has 6 nitrogen and oxygen atoms in total. The first-order chi connectivity index (χ1) is 8.73. The van der Waals surface area contributed by atoms with Crippen LogP contribution >= 0.6 is 0 Å². The fraction of sp³-hybridized carbons (Fsp3) is 0.692. The number of hydrogen-bond donors (Lipinski definition) is 0. The standard InChI is InChI=1S/C13H20O6/c1-8(14)10(3)18-12(16)6-5-7-13(17)19-11(4)9(2)15/h10-11H,5-7H2,1-4H3. The molecule has 0 N–H and O–H groups in total. The Morgan fingerprint density at radius 1 is 0.789 bits per heavy atom. The first kappa shape index (κ1) is 17.3. The second kappa shape index (κ2) is 8.39. The van der Waals surface area contributed by atoms with Crippen LogP contribution in [0, 0.1) is 0 Å². The zero-order valence-corrected chi connectivity index (χ0v) is 11.7. The Morgan fingerprint density at radius 3 is 1.37 bits per heavy atom. The Bertz CT molecular complexity index is 326. The van der Waals surface area contributed by atoms with Crippen LogP contribution in [0.5, 0.6) is 0 Å². The van der Waals surface area contributed by atoms with Crippen molar-refractivity contribution in [2.45, 2.75) is 59.2 Å². The zero-order valence-electron chi connectivity index (χ0n) is 11.7. The minimum absolute atomic E-state index is 0.0289. The molecule has 0 fully saturated rings. The molecule has 0 aliphatic carbocycles. The quantitative estimate of drug-likeness (QED) is 0.617. The van der Waals surface area contributed by atoms with Crippen LogP contribution in [0.2, 0.25) is 0 Å². The lowest BCUT2D eigenvalue weighted by Crippen LogP contribution is -2.23. The van der Waals surface area contributed by atoms with Crippen molar-refractivity contribution in [3.05, 3.63) is 0 Å². The summed E-state index contributed by atoms with van der Waals surface area (Å²) < 4.78 is 9.64. The van der Waals surface area contributed by atoms with Crippen molar-refractivity contribution < 1.29 is 28.7 Å². The molecule has 19 heavy (non-hydrogen) atoms. The van der Waals surface area contributed by atoms with Gasteiger partial charge < -0.3 is 9.47 Å². The minimum atomic E-state index is -0.766. The van der Waals surface area contributed by atoms with E-state index in [1.165, 1.54) is 27.7 Å². The van der Waals surface area contributed by atoms with E-state index >= 15 is 0 Å². The summed E-state index contributed by atoms with van der Waals surface area (Å²) >= 11 is 0. The molecule has 0 heterocycles. The Morgan fingerprint density at radius 2 is 1.11 bits per heavy atom. The molecule has 108 valence electrons. The molecule has 0 saturated carbocycles. The van der Waals surface area contributed by atoms with E-state index in [1.807, 2.05) is 0 Å². The molecule has 0 radical (unpaired) electrons. The molecule has 0 aromatic heterocycles. The fourth-order valence-corrected chi connectivity index (χ4v) is 1.06. The highest BCUT2D eigenvalue weighted by Gasteiger charge is 2.16. The first-order valence-corrected chi connectivity index (χ1v) is 6.14. The molecule has 6 heteroatoms. The smallest absolute Gasteiger partial charge is 0.306 e. The molecule has 0 amide bonds.